The normalized spacial score (nSPS) is 19.2. The van der Waals surface area contributed by atoms with Crippen LogP contribution in [0.3, 0.4) is 0 Å². The number of likely N-dealkylation sites (tertiary alicyclic amines) is 1. The van der Waals surface area contributed by atoms with E-state index in [4.69, 9.17) is 15.2 Å². The van der Waals surface area contributed by atoms with Gasteiger partial charge in [-0.3, -0.25) is 14.4 Å². The fourth-order valence-electron chi connectivity index (χ4n) is 5.82. The van der Waals surface area contributed by atoms with Crippen LogP contribution in [0.4, 0.5) is 5.82 Å². The molecule has 1 aliphatic heterocycles. The summed E-state index contributed by atoms with van der Waals surface area (Å²) in [6.07, 6.45) is 7.78. The largest absolute Gasteiger partial charge is 0.384 e. The molecule has 2 fully saturated rings. The number of aromatic nitrogens is 1. The lowest BCUT2D eigenvalue weighted by atomic mass is 9.70. The number of ether oxygens (including phenoxy) is 2. The average molecular weight is 588 g/mol. The van der Waals surface area contributed by atoms with Crippen molar-refractivity contribution in [2.45, 2.75) is 90.6 Å². The Bertz CT molecular complexity index is 1050. The molecule has 1 aromatic heterocycles. The van der Waals surface area contributed by atoms with Crippen LogP contribution in [0.25, 0.3) is 0 Å². The van der Waals surface area contributed by atoms with Gasteiger partial charge in [-0.05, 0) is 43.2 Å². The molecule has 11 nitrogen and oxygen atoms in total. The predicted octanol–water partition coefficient (Wildman–Crippen LogP) is 2.42. The number of aldehydes is 1. The van der Waals surface area contributed by atoms with Crippen molar-refractivity contribution >= 4 is 29.8 Å². The molecule has 1 unspecified atom stereocenters. The van der Waals surface area contributed by atoms with Crippen LogP contribution in [-0.2, 0) is 35.1 Å². The number of carbonyl (C=O) groups excluding carboxylic acids is 4. The van der Waals surface area contributed by atoms with E-state index in [0.717, 1.165) is 50.5 Å². The van der Waals surface area contributed by atoms with Gasteiger partial charge in [0.2, 0.25) is 17.7 Å². The highest BCUT2D eigenvalue weighted by Gasteiger charge is 2.40. The number of carbonyl (C=O) groups is 4. The van der Waals surface area contributed by atoms with Gasteiger partial charge in [-0.15, -0.1) is 0 Å². The topological polar surface area (TPSA) is 153 Å². The van der Waals surface area contributed by atoms with E-state index in [1.807, 2.05) is 32.9 Å². The van der Waals surface area contributed by atoms with E-state index in [1.165, 1.54) is 0 Å². The van der Waals surface area contributed by atoms with Crippen molar-refractivity contribution in [2.75, 3.05) is 45.3 Å². The second-order valence-corrected chi connectivity index (χ2v) is 12.5. The van der Waals surface area contributed by atoms with Crippen molar-refractivity contribution in [2.24, 2.45) is 10.8 Å². The summed E-state index contributed by atoms with van der Waals surface area (Å²) in [4.78, 5) is 56.2. The zero-order chi connectivity index (χ0) is 30.6. The molecule has 2 atom stereocenters. The third-order valence-corrected chi connectivity index (χ3v) is 8.18. The Morgan fingerprint density at radius 3 is 2.48 bits per heavy atom. The molecule has 0 radical (unpaired) electrons. The Hall–Kier alpha value is -3.05. The molecule has 0 aromatic carbocycles. The van der Waals surface area contributed by atoms with Gasteiger partial charge in [0.25, 0.3) is 0 Å². The fourth-order valence-corrected chi connectivity index (χ4v) is 5.82. The monoisotopic (exact) mass is 587 g/mol. The van der Waals surface area contributed by atoms with Gasteiger partial charge in [0, 0.05) is 31.6 Å². The van der Waals surface area contributed by atoms with E-state index in [9.17, 15) is 19.2 Å². The van der Waals surface area contributed by atoms with E-state index >= 15 is 0 Å². The molecule has 1 saturated carbocycles. The number of pyridine rings is 1. The minimum atomic E-state index is -0.723. The average Bonchev–Trinajstić information content (AvgIpc) is 3.43. The molecule has 1 aliphatic carbocycles. The molecule has 0 spiro atoms. The Kier molecular flexibility index (Phi) is 12.7. The summed E-state index contributed by atoms with van der Waals surface area (Å²) in [6.45, 7) is 7.80. The third-order valence-electron chi connectivity index (χ3n) is 8.18. The molecule has 4 N–H and O–H groups in total. The molecule has 2 heterocycles. The number of anilines is 1. The molecular formula is C31H49N5O6. The number of hydrogen-bond acceptors (Lipinski definition) is 8. The summed E-state index contributed by atoms with van der Waals surface area (Å²) in [6, 6.07) is 4.40. The van der Waals surface area contributed by atoms with Crippen molar-refractivity contribution in [3.8, 4) is 0 Å². The van der Waals surface area contributed by atoms with Crippen LogP contribution in [0, 0.1) is 10.8 Å². The summed E-state index contributed by atoms with van der Waals surface area (Å²) in [7, 11) is 0. The third kappa shape index (κ3) is 9.76. The maximum Gasteiger partial charge on any atom is 0.246 e. The Morgan fingerprint density at radius 1 is 1.10 bits per heavy atom. The number of amides is 3. The zero-order valence-electron chi connectivity index (χ0n) is 25.5. The highest BCUT2D eigenvalue weighted by Crippen LogP contribution is 2.39. The first-order valence-electron chi connectivity index (χ1n) is 15.3. The summed E-state index contributed by atoms with van der Waals surface area (Å²) in [5.74, 6) is 0.00263. The van der Waals surface area contributed by atoms with Crippen LogP contribution in [0.1, 0.15) is 77.8 Å². The molecule has 3 amide bonds. The molecule has 234 valence electrons. The number of hydrogen-bond donors (Lipinski definition) is 3. The fraction of sp³-hybridized carbons (Fsp3) is 0.710. The zero-order valence-corrected chi connectivity index (χ0v) is 25.5. The Morgan fingerprint density at radius 2 is 1.81 bits per heavy atom. The summed E-state index contributed by atoms with van der Waals surface area (Å²) < 4.78 is 11.2. The number of nitrogen functional groups attached to an aromatic ring is 1. The Labute approximate surface area is 249 Å². The van der Waals surface area contributed by atoms with E-state index in [2.05, 4.69) is 15.6 Å². The summed E-state index contributed by atoms with van der Waals surface area (Å²) >= 11 is 0. The number of nitrogens with two attached hydrogens (primary N) is 1. The van der Waals surface area contributed by atoms with Gasteiger partial charge in [0.1, 0.15) is 18.1 Å². The minimum absolute atomic E-state index is 0.0377. The lowest BCUT2D eigenvalue weighted by Crippen LogP contribution is -2.56. The summed E-state index contributed by atoms with van der Waals surface area (Å²) in [5, 5.41) is 5.89. The van der Waals surface area contributed by atoms with Crippen molar-refractivity contribution in [1.29, 1.82) is 0 Å². The van der Waals surface area contributed by atoms with Gasteiger partial charge in [-0.1, -0.05) is 46.1 Å². The number of nitrogens with zero attached hydrogens (tertiary/aromatic N) is 2. The van der Waals surface area contributed by atoms with Gasteiger partial charge < -0.3 is 35.5 Å². The first-order chi connectivity index (χ1) is 20.1. The first-order valence-corrected chi connectivity index (χ1v) is 15.3. The van der Waals surface area contributed by atoms with Gasteiger partial charge in [-0.2, -0.15) is 0 Å². The van der Waals surface area contributed by atoms with E-state index < -0.39 is 22.9 Å². The van der Waals surface area contributed by atoms with Crippen LogP contribution >= 0.6 is 0 Å². The predicted molar refractivity (Wildman–Crippen MR) is 159 cm³/mol. The van der Waals surface area contributed by atoms with E-state index in [1.54, 1.807) is 11.0 Å². The van der Waals surface area contributed by atoms with E-state index in [0.29, 0.717) is 51.6 Å². The lowest BCUT2D eigenvalue weighted by molar-refractivity contribution is -0.141. The molecule has 1 aromatic rings. The van der Waals surface area contributed by atoms with Crippen molar-refractivity contribution in [3.05, 3.63) is 23.9 Å². The van der Waals surface area contributed by atoms with Crippen LogP contribution in [0.2, 0.25) is 0 Å². The van der Waals surface area contributed by atoms with Gasteiger partial charge in [-0.25, -0.2) is 4.98 Å². The molecule has 3 rings (SSSR count). The SMILES string of the molecule is CC(C)(C)C(NC(=O)CCOCCOCCNC(=O)C1(Cc2cccc(N)n2)CCCCC1)C(=O)N1CCC[C@H]1C=O. The quantitative estimate of drug-likeness (QED) is 0.209. The number of rotatable bonds is 15. The van der Waals surface area contributed by atoms with Crippen molar-refractivity contribution in [1.82, 2.24) is 20.5 Å². The minimum Gasteiger partial charge on any atom is -0.384 e. The van der Waals surface area contributed by atoms with Crippen LogP contribution in [-0.4, -0.2) is 85.5 Å². The smallest absolute Gasteiger partial charge is 0.246 e. The second kappa shape index (κ2) is 16.0. The molecule has 1 saturated heterocycles. The maximum atomic E-state index is 13.2. The highest BCUT2D eigenvalue weighted by atomic mass is 16.5. The Balaban J connectivity index is 1.32. The molecule has 42 heavy (non-hydrogen) atoms. The second-order valence-electron chi connectivity index (χ2n) is 12.5. The maximum absolute atomic E-state index is 13.2. The molecule has 2 aliphatic rings. The van der Waals surface area contributed by atoms with Crippen molar-refractivity contribution < 1.29 is 28.7 Å². The van der Waals surface area contributed by atoms with Gasteiger partial charge in [0.15, 0.2) is 0 Å². The first kappa shape index (κ1) is 33.5. The standard InChI is InChI=1S/C31H49N5O6/c1-30(2,3)27(28(39)36-16-8-10-24(36)22-37)35-26(38)12-17-41-19-20-42-18-15-33-29(40)31(13-5-4-6-14-31)21-23-9-7-11-25(32)34-23/h7,9,11,22,24,27H,4-6,8,10,12-21H2,1-3H3,(H2,32,34)(H,33,40)(H,35,38)/t24-,27?/m0/s1. The van der Waals surface area contributed by atoms with Gasteiger partial charge in [0.05, 0.1) is 37.9 Å². The van der Waals surface area contributed by atoms with Crippen LogP contribution in [0.15, 0.2) is 18.2 Å². The highest BCUT2D eigenvalue weighted by molar-refractivity contribution is 5.90. The molecule has 0 bridgehead atoms. The van der Waals surface area contributed by atoms with E-state index in [-0.39, 0.29) is 30.7 Å². The van der Waals surface area contributed by atoms with Gasteiger partial charge >= 0.3 is 0 Å². The molecular weight excluding hydrogens is 538 g/mol. The lowest BCUT2D eigenvalue weighted by Gasteiger charge is -2.35. The van der Waals surface area contributed by atoms with Crippen LogP contribution < -0.4 is 16.4 Å². The van der Waals surface area contributed by atoms with Crippen LogP contribution in [0.5, 0.6) is 0 Å². The summed E-state index contributed by atoms with van der Waals surface area (Å²) in [5.41, 5.74) is 5.72. The molecule has 11 heteroatoms. The van der Waals surface area contributed by atoms with Crippen molar-refractivity contribution in [3.63, 3.8) is 0 Å². The number of nitrogens with one attached hydrogen (secondary N) is 2.